The average molecular weight is 256 g/mol. The Morgan fingerprint density at radius 1 is 1.22 bits per heavy atom. The number of nitrogens with one attached hydrogen (secondary N) is 1. The van der Waals surface area contributed by atoms with E-state index in [1.807, 2.05) is 0 Å². The predicted molar refractivity (Wildman–Crippen MR) is 67.5 cm³/mol. The lowest BCUT2D eigenvalue weighted by Crippen LogP contribution is -2.14. The first-order valence-corrected chi connectivity index (χ1v) is 6.09. The van der Waals surface area contributed by atoms with E-state index >= 15 is 0 Å². The van der Waals surface area contributed by atoms with Crippen LogP contribution < -0.4 is 11.1 Å². The summed E-state index contributed by atoms with van der Waals surface area (Å²) in [5.74, 6) is -2.55. The first-order chi connectivity index (χ1) is 8.56. The summed E-state index contributed by atoms with van der Waals surface area (Å²) in [7, 11) is 0. The highest BCUT2D eigenvalue weighted by molar-refractivity contribution is 5.94. The lowest BCUT2D eigenvalue weighted by Gasteiger charge is -2.09. The van der Waals surface area contributed by atoms with Gasteiger partial charge in [-0.2, -0.15) is 0 Å². The molecule has 0 saturated heterocycles. The number of carbonyl (C=O) groups is 1. The predicted octanol–water partition coefficient (Wildman–Crippen LogP) is 3.06. The number of benzene rings is 1. The number of rotatable bonds is 7. The van der Waals surface area contributed by atoms with Gasteiger partial charge >= 0.3 is 0 Å². The number of amides is 1. The van der Waals surface area contributed by atoms with Gasteiger partial charge in [-0.05, 0) is 12.5 Å². The Morgan fingerprint density at radius 3 is 2.56 bits per heavy atom. The second-order valence-electron chi connectivity index (χ2n) is 4.16. The minimum atomic E-state index is -0.934. The van der Waals surface area contributed by atoms with Crippen molar-refractivity contribution in [3.05, 3.63) is 29.3 Å². The summed E-state index contributed by atoms with van der Waals surface area (Å²) in [4.78, 5) is 10.9. The molecule has 3 N–H and O–H groups in total. The molecule has 0 aliphatic heterocycles. The van der Waals surface area contributed by atoms with Crippen LogP contribution in [0.4, 0.5) is 14.5 Å². The highest BCUT2D eigenvalue weighted by Gasteiger charge is 2.13. The molecule has 0 atom stereocenters. The molecule has 0 unspecified atom stereocenters. The van der Waals surface area contributed by atoms with E-state index in [4.69, 9.17) is 5.73 Å². The summed E-state index contributed by atoms with van der Waals surface area (Å²) in [6.45, 7) is 2.69. The van der Waals surface area contributed by atoms with Crippen LogP contribution in [0, 0.1) is 11.6 Å². The zero-order valence-corrected chi connectivity index (χ0v) is 10.4. The summed E-state index contributed by atoms with van der Waals surface area (Å²) in [5, 5.41) is 2.84. The molecule has 100 valence electrons. The van der Waals surface area contributed by atoms with Crippen LogP contribution in [0.2, 0.25) is 0 Å². The molecule has 0 saturated carbocycles. The van der Waals surface area contributed by atoms with Crippen molar-refractivity contribution in [1.29, 1.82) is 0 Å². The van der Waals surface area contributed by atoms with Crippen LogP contribution in [0.3, 0.4) is 0 Å². The van der Waals surface area contributed by atoms with Crippen LogP contribution >= 0.6 is 0 Å². The number of primary amides is 1. The van der Waals surface area contributed by atoms with Crippen LogP contribution in [0.25, 0.3) is 0 Å². The Kier molecular flexibility index (Phi) is 5.55. The monoisotopic (exact) mass is 256 g/mol. The second kappa shape index (κ2) is 6.93. The third kappa shape index (κ3) is 3.98. The quantitative estimate of drug-likeness (QED) is 0.737. The molecule has 1 aromatic carbocycles. The molecule has 3 nitrogen and oxygen atoms in total. The molecule has 0 aliphatic carbocycles. The molecule has 1 amide bonds. The zero-order valence-electron chi connectivity index (χ0n) is 10.4. The minimum absolute atomic E-state index is 0.113. The van der Waals surface area contributed by atoms with E-state index in [1.54, 1.807) is 0 Å². The first-order valence-electron chi connectivity index (χ1n) is 6.09. The summed E-state index contributed by atoms with van der Waals surface area (Å²) in [6.07, 6.45) is 4.20. The van der Waals surface area contributed by atoms with Crippen LogP contribution in [0.15, 0.2) is 12.1 Å². The van der Waals surface area contributed by atoms with Crippen LogP contribution in [-0.2, 0) is 0 Å². The van der Waals surface area contributed by atoms with Crippen molar-refractivity contribution in [1.82, 2.24) is 0 Å². The van der Waals surface area contributed by atoms with Gasteiger partial charge in [-0.25, -0.2) is 8.78 Å². The molecular weight excluding hydrogens is 238 g/mol. The maximum Gasteiger partial charge on any atom is 0.251 e. The third-order valence-corrected chi connectivity index (χ3v) is 2.67. The van der Waals surface area contributed by atoms with Gasteiger partial charge in [0.2, 0.25) is 0 Å². The van der Waals surface area contributed by atoms with Crippen molar-refractivity contribution in [2.75, 3.05) is 11.9 Å². The summed E-state index contributed by atoms with van der Waals surface area (Å²) < 4.78 is 26.6. The van der Waals surface area contributed by atoms with E-state index in [1.165, 1.54) is 0 Å². The number of carbonyl (C=O) groups excluding carboxylic acids is 1. The maximum atomic E-state index is 13.4. The van der Waals surface area contributed by atoms with E-state index in [0.29, 0.717) is 12.6 Å². The topological polar surface area (TPSA) is 55.1 Å². The van der Waals surface area contributed by atoms with Gasteiger partial charge < -0.3 is 11.1 Å². The molecule has 0 fully saturated rings. The van der Waals surface area contributed by atoms with Crippen molar-refractivity contribution in [3.63, 3.8) is 0 Å². The van der Waals surface area contributed by atoms with Crippen LogP contribution in [0.1, 0.15) is 43.0 Å². The molecule has 0 heterocycles. The fourth-order valence-corrected chi connectivity index (χ4v) is 1.65. The van der Waals surface area contributed by atoms with Crippen LogP contribution in [-0.4, -0.2) is 12.5 Å². The molecule has 0 aromatic heterocycles. The number of nitrogens with two attached hydrogens (primary N) is 1. The molecule has 1 aromatic rings. The number of unbranched alkanes of at least 4 members (excludes halogenated alkanes) is 3. The van der Waals surface area contributed by atoms with Crippen molar-refractivity contribution < 1.29 is 13.6 Å². The average Bonchev–Trinajstić information content (AvgIpc) is 2.30. The fraction of sp³-hybridized carbons (Fsp3) is 0.462. The van der Waals surface area contributed by atoms with Gasteiger partial charge in [0.15, 0.2) is 0 Å². The maximum absolute atomic E-state index is 13.4. The van der Waals surface area contributed by atoms with Gasteiger partial charge in [-0.1, -0.05) is 26.2 Å². The van der Waals surface area contributed by atoms with E-state index in [2.05, 4.69) is 12.2 Å². The molecule has 0 aliphatic rings. The largest absolute Gasteiger partial charge is 0.383 e. The molecule has 5 heteroatoms. The van der Waals surface area contributed by atoms with Gasteiger partial charge in [0.05, 0.1) is 11.3 Å². The van der Waals surface area contributed by atoms with E-state index in [0.717, 1.165) is 31.7 Å². The fourth-order valence-electron chi connectivity index (χ4n) is 1.65. The summed E-state index contributed by atoms with van der Waals surface area (Å²) >= 11 is 0. The Morgan fingerprint density at radius 2 is 1.94 bits per heavy atom. The number of anilines is 1. The smallest absolute Gasteiger partial charge is 0.251 e. The number of halogens is 2. The van der Waals surface area contributed by atoms with E-state index < -0.39 is 17.5 Å². The molecule has 1 rings (SSSR count). The SMILES string of the molecule is CCCCCCNc1cc(C(N)=O)c(F)cc1F. The number of hydrogen-bond donors (Lipinski definition) is 2. The Balaban J connectivity index is 2.65. The van der Waals surface area contributed by atoms with Crippen molar-refractivity contribution in [2.24, 2.45) is 5.73 Å². The highest BCUT2D eigenvalue weighted by Crippen LogP contribution is 2.19. The Hall–Kier alpha value is -1.65. The van der Waals surface area contributed by atoms with Crippen LogP contribution in [0.5, 0.6) is 0 Å². The lowest BCUT2D eigenvalue weighted by molar-refractivity contribution is 0.0996. The molecule has 0 bridgehead atoms. The highest BCUT2D eigenvalue weighted by atomic mass is 19.1. The zero-order chi connectivity index (χ0) is 13.5. The van der Waals surface area contributed by atoms with Gasteiger partial charge in [-0.3, -0.25) is 4.79 Å². The first kappa shape index (κ1) is 14.4. The van der Waals surface area contributed by atoms with Gasteiger partial charge in [-0.15, -0.1) is 0 Å². The Labute approximate surface area is 105 Å². The van der Waals surface area contributed by atoms with Gasteiger partial charge in [0.1, 0.15) is 11.6 Å². The third-order valence-electron chi connectivity index (χ3n) is 2.67. The molecule has 0 spiro atoms. The normalized spacial score (nSPS) is 10.4. The Bertz CT molecular complexity index is 422. The standard InChI is InChI=1S/C13H18F2N2O/c1-2-3-4-5-6-17-12-7-9(13(16)18)10(14)8-11(12)15/h7-8,17H,2-6H2,1H3,(H2,16,18). The summed E-state index contributed by atoms with van der Waals surface area (Å²) in [5.41, 5.74) is 4.81. The summed E-state index contributed by atoms with van der Waals surface area (Å²) in [6, 6.07) is 1.79. The second-order valence-corrected chi connectivity index (χ2v) is 4.16. The molecule has 18 heavy (non-hydrogen) atoms. The minimum Gasteiger partial charge on any atom is -0.383 e. The van der Waals surface area contributed by atoms with E-state index in [9.17, 15) is 13.6 Å². The van der Waals surface area contributed by atoms with Gasteiger partial charge in [0.25, 0.3) is 5.91 Å². The van der Waals surface area contributed by atoms with Crippen molar-refractivity contribution in [3.8, 4) is 0 Å². The lowest BCUT2D eigenvalue weighted by atomic mass is 10.1. The van der Waals surface area contributed by atoms with Crippen molar-refractivity contribution in [2.45, 2.75) is 32.6 Å². The van der Waals surface area contributed by atoms with E-state index in [-0.39, 0.29) is 11.3 Å². The number of hydrogen-bond acceptors (Lipinski definition) is 2. The molecule has 0 radical (unpaired) electrons. The van der Waals surface area contributed by atoms with Crippen molar-refractivity contribution >= 4 is 11.6 Å². The van der Waals surface area contributed by atoms with Gasteiger partial charge in [0, 0.05) is 12.6 Å². The molecular formula is C13H18F2N2O.